The molecule has 0 aliphatic carbocycles. The molecule has 0 bridgehead atoms. The van der Waals surface area contributed by atoms with E-state index in [1.807, 2.05) is 67.6 Å². The number of carbonyl (C=O) groups excluding carboxylic acids is 1. The van der Waals surface area contributed by atoms with Crippen LogP contribution in [0.15, 0.2) is 60.7 Å². The van der Waals surface area contributed by atoms with E-state index in [0.717, 1.165) is 5.56 Å². The zero-order valence-corrected chi connectivity index (χ0v) is 14.6. The Morgan fingerprint density at radius 3 is 2.28 bits per heavy atom. The zero-order chi connectivity index (χ0) is 18.1. The maximum Gasteiger partial charge on any atom is 0.310 e. The van der Waals surface area contributed by atoms with Crippen LogP contribution in [0.1, 0.15) is 18.5 Å². The van der Waals surface area contributed by atoms with Crippen LogP contribution in [0, 0.1) is 5.92 Å². The lowest BCUT2D eigenvalue weighted by atomic mass is 9.94. The summed E-state index contributed by atoms with van der Waals surface area (Å²) in [5, 5.41) is 13.4. The monoisotopic (exact) mass is 343 g/mol. The SMILES string of the molecule is COC(=O)[C@H](C)[C@@H](NC[C@@H](O)COc1ccccc1)c1ccccc1. The summed E-state index contributed by atoms with van der Waals surface area (Å²) in [6.07, 6.45) is -0.698. The fourth-order valence-corrected chi connectivity index (χ4v) is 2.60. The zero-order valence-electron chi connectivity index (χ0n) is 14.6. The molecule has 2 aromatic carbocycles. The maximum atomic E-state index is 11.9. The van der Waals surface area contributed by atoms with Crippen molar-refractivity contribution in [3.05, 3.63) is 66.2 Å². The number of hydrogen-bond donors (Lipinski definition) is 2. The molecule has 2 N–H and O–H groups in total. The molecule has 2 rings (SSSR count). The van der Waals surface area contributed by atoms with Gasteiger partial charge in [0, 0.05) is 12.6 Å². The van der Waals surface area contributed by atoms with Crippen molar-refractivity contribution in [3.8, 4) is 5.75 Å². The van der Waals surface area contributed by atoms with Gasteiger partial charge in [0.05, 0.1) is 13.0 Å². The summed E-state index contributed by atoms with van der Waals surface area (Å²) in [5.74, 6) is 0.0371. The van der Waals surface area contributed by atoms with Crippen molar-refractivity contribution >= 4 is 5.97 Å². The Morgan fingerprint density at radius 1 is 1.08 bits per heavy atom. The second-order valence-electron chi connectivity index (χ2n) is 5.89. The predicted molar refractivity (Wildman–Crippen MR) is 96.3 cm³/mol. The van der Waals surface area contributed by atoms with Crippen LogP contribution < -0.4 is 10.1 Å². The van der Waals surface area contributed by atoms with Crippen LogP contribution in [0.3, 0.4) is 0 Å². The lowest BCUT2D eigenvalue weighted by Gasteiger charge is -2.25. The molecule has 0 saturated carbocycles. The van der Waals surface area contributed by atoms with Gasteiger partial charge in [-0.1, -0.05) is 55.5 Å². The van der Waals surface area contributed by atoms with E-state index in [-0.39, 0.29) is 24.5 Å². The number of nitrogens with one attached hydrogen (secondary N) is 1. The lowest BCUT2D eigenvalue weighted by Crippen LogP contribution is -2.38. The first-order valence-electron chi connectivity index (χ1n) is 8.34. The van der Waals surface area contributed by atoms with Gasteiger partial charge in [0.25, 0.3) is 0 Å². The van der Waals surface area contributed by atoms with E-state index in [2.05, 4.69) is 5.32 Å². The van der Waals surface area contributed by atoms with E-state index in [4.69, 9.17) is 9.47 Å². The number of benzene rings is 2. The van der Waals surface area contributed by atoms with Gasteiger partial charge in [-0.25, -0.2) is 0 Å². The minimum absolute atomic E-state index is 0.172. The summed E-state index contributed by atoms with van der Waals surface area (Å²) in [6.45, 7) is 2.28. The van der Waals surface area contributed by atoms with Crippen LogP contribution in [0.25, 0.3) is 0 Å². The molecule has 0 aromatic heterocycles. The molecule has 5 heteroatoms. The highest BCUT2D eigenvalue weighted by atomic mass is 16.5. The van der Waals surface area contributed by atoms with E-state index in [0.29, 0.717) is 12.3 Å². The Morgan fingerprint density at radius 2 is 1.68 bits per heavy atom. The number of para-hydroxylation sites is 1. The second-order valence-corrected chi connectivity index (χ2v) is 5.89. The number of aliphatic hydroxyl groups is 1. The van der Waals surface area contributed by atoms with Crippen molar-refractivity contribution in [2.24, 2.45) is 5.92 Å². The van der Waals surface area contributed by atoms with Gasteiger partial charge in [0.2, 0.25) is 0 Å². The van der Waals surface area contributed by atoms with Crippen molar-refractivity contribution in [3.63, 3.8) is 0 Å². The average Bonchev–Trinajstić information content (AvgIpc) is 2.67. The fraction of sp³-hybridized carbons (Fsp3) is 0.350. The van der Waals surface area contributed by atoms with Crippen molar-refractivity contribution in [2.45, 2.75) is 19.1 Å². The molecule has 0 amide bonds. The minimum atomic E-state index is -0.698. The van der Waals surface area contributed by atoms with Gasteiger partial charge in [0.1, 0.15) is 18.5 Å². The largest absolute Gasteiger partial charge is 0.491 e. The number of rotatable bonds is 9. The number of aliphatic hydroxyl groups excluding tert-OH is 1. The third-order valence-corrected chi connectivity index (χ3v) is 3.99. The summed E-state index contributed by atoms with van der Waals surface area (Å²) in [7, 11) is 1.38. The molecule has 134 valence electrons. The Kier molecular flexibility index (Phi) is 7.44. The van der Waals surface area contributed by atoms with Gasteiger partial charge < -0.3 is 19.9 Å². The maximum absolute atomic E-state index is 11.9. The third-order valence-electron chi connectivity index (χ3n) is 3.99. The first kappa shape index (κ1) is 19.0. The Labute approximate surface area is 148 Å². The van der Waals surface area contributed by atoms with Crippen LogP contribution in [0.2, 0.25) is 0 Å². The molecule has 0 aliphatic rings. The highest BCUT2D eigenvalue weighted by molar-refractivity contribution is 5.73. The van der Waals surface area contributed by atoms with Crippen molar-refractivity contribution in [1.82, 2.24) is 5.32 Å². The third kappa shape index (κ3) is 5.89. The van der Waals surface area contributed by atoms with Crippen LogP contribution in [-0.2, 0) is 9.53 Å². The second kappa shape index (κ2) is 9.81. The van der Waals surface area contributed by atoms with Crippen LogP contribution in [0.4, 0.5) is 0 Å². The summed E-state index contributed by atoms with van der Waals surface area (Å²) in [5.41, 5.74) is 0.969. The number of hydrogen-bond acceptors (Lipinski definition) is 5. The van der Waals surface area contributed by atoms with Gasteiger partial charge in [-0.15, -0.1) is 0 Å². The van der Waals surface area contributed by atoms with Crippen molar-refractivity contribution < 1.29 is 19.4 Å². The molecule has 2 aromatic rings. The van der Waals surface area contributed by atoms with E-state index in [1.54, 1.807) is 0 Å². The number of esters is 1. The van der Waals surface area contributed by atoms with Crippen molar-refractivity contribution in [1.29, 1.82) is 0 Å². The van der Waals surface area contributed by atoms with Gasteiger partial charge in [-0.2, -0.15) is 0 Å². The number of methoxy groups -OCH3 is 1. The molecule has 0 heterocycles. The molecule has 5 nitrogen and oxygen atoms in total. The molecular weight excluding hydrogens is 318 g/mol. The molecule has 0 saturated heterocycles. The average molecular weight is 343 g/mol. The molecule has 0 aliphatic heterocycles. The molecule has 0 spiro atoms. The smallest absolute Gasteiger partial charge is 0.310 e. The van der Waals surface area contributed by atoms with Gasteiger partial charge >= 0.3 is 5.97 Å². The molecule has 3 atom stereocenters. The summed E-state index contributed by atoms with van der Waals surface area (Å²) in [4.78, 5) is 11.9. The fourth-order valence-electron chi connectivity index (χ4n) is 2.60. The summed E-state index contributed by atoms with van der Waals surface area (Å²) < 4.78 is 10.4. The molecule has 0 unspecified atom stereocenters. The minimum Gasteiger partial charge on any atom is -0.491 e. The molecule has 0 radical (unpaired) electrons. The van der Waals surface area contributed by atoms with Gasteiger partial charge in [0.15, 0.2) is 0 Å². The normalized spacial score (nSPS) is 14.4. The van der Waals surface area contributed by atoms with Gasteiger partial charge in [-0.3, -0.25) is 4.79 Å². The molecular formula is C20H25NO4. The molecule has 0 fully saturated rings. The van der Waals surface area contributed by atoms with Crippen molar-refractivity contribution in [2.75, 3.05) is 20.3 Å². The van der Waals surface area contributed by atoms with E-state index in [9.17, 15) is 9.90 Å². The first-order chi connectivity index (χ1) is 12.1. The Balaban J connectivity index is 1.93. The lowest BCUT2D eigenvalue weighted by molar-refractivity contribution is -0.146. The van der Waals surface area contributed by atoms with Crippen LogP contribution in [-0.4, -0.2) is 37.4 Å². The Hall–Kier alpha value is -2.37. The summed E-state index contributed by atoms with van der Waals surface area (Å²) in [6, 6.07) is 18.8. The quantitative estimate of drug-likeness (QED) is 0.685. The molecule has 25 heavy (non-hydrogen) atoms. The van der Waals surface area contributed by atoms with Crippen LogP contribution in [0.5, 0.6) is 5.75 Å². The Bertz CT molecular complexity index is 633. The van der Waals surface area contributed by atoms with E-state index >= 15 is 0 Å². The highest BCUT2D eigenvalue weighted by Crippen LogP contribution is 2.23. The van der Waals surface area contributed by atoms with E-state index < -0.39 is 6.10 Å². The highest BCUT2D eigenvalue weighted by Gasteiger charge is 2.26. The topological polar surface area (TPSA) is 67.8 Å². The standard InChI is InChI=1S/C20H25NO4/c1-15(20(23)24-2)19(16-9-5-3-6-10-16)21-13-17(22)14-25-18-11-7-4-8-12-18/h3-12,15,17,19,21-22H,13-14H2,1-2H3/t15-,17-,19-/m1/s1. The number of carbonyl (C=O) groups is 1. The summed E-state index contributed by atoms with van der Waals surface area (Å²) >= 11 is 0. The first-order valence-corrected chi connectivity index (χ1v) is 8.34. The number of ether oxygens (including phenoxy) is 2. The van der Waals surface area contributed by atoms with Gasteiger partial charge in [-0.05, 0) is 17.7 Å². The van der Waals surface area contributed by atoms with E-state index in [1.165, 1.54) is 7.11 Å². The van der Waals surface area contributed by atoms with Crippen LogP contribution >= 0.6 is 0 Å². The predicted octanol–water partition coefficient (Wildman–Crippen LogP) is 2.57.